The predicted octanol–water partition coefficient (Wildman–Crippen LogP) is 0.939. The lowest BCUT2D eigenvalue weighted by molar-refractivity contribution is -0.892. The van der Waals surface area contributed by atoms with Crippen LogP contribution in [0.5, 0.6) is 0 Å². The minimum atomic E-state index is 0. The first-order chi connectivity index (χ1) is 6.41. The second-order valence-corrected chi connectivity index (χ2v) is 8.00. The Morgan fingerprint density at radius 1 is 0.688 bits per heavy atom. The lowest BCUT2D eigenvalue weighted by Crippen LogP contribution is -3.00. The predicted molar refractivity (Wildman–Crippen MR) is 70.0 cm³/mol. The van der Waals surface area contributed by atoms with E-state index in [1.165, 1.54) is 25.9 Å². The van der Waals surface area contributed by atoms with E-state index in [4.69, 9.17) is 0 Å². The molecule has 16 heavy (non-hydrogen) atoms. The van der Waals surface area contributed by atoms with E-state index < -0.39 is 0 Å². The third kappa shape index (κ3) is 12.5. The van der Waals surface area contributed by atoms with Crippen LogP contribution in [-0.2, 0) is 0 Å². The molecule has 0 aliphatic carbocycles. The fourth-order valence-electron chi connectivity index (χ4n) is 1.39. The van der Waals surface area contributed by atoms with Gasteiger partial charge in [0.1, 0.15) is 0 Å². The van der Waals surface area contributed by atoms with Gasteiger partial charge in [0, 0.05) is 12.8 Å². The van der Waals surface area contributed by atoms with Crippen molar-refractivity contribution < 1.29 is 21.5 Å². The van der Waals surface area contributed by atoms with Crippen LogP contribution in [0.15, 0.2) is 0 Å². The fraction of sp³-hybridized carbons (Fsp3) is 1.00. The Balaban J connectivity index is 0. The molecule has 0 N–H and O–H groups in total. The van der Waals surface area contributed by atoms with Crippen molar-refractivity contribution in [2.45, 2.75) is 54.4 Å². The molecular formula is C14H32BrN. The zero-order valence-electron chi connectivity index (χ0n) is 12.7. The maximum absolute atomic E-state index is 2.36. The molecule has 0 atom stereocenters. The van der Waals surface area contributed by atoms with Gasteiger partial charge in [0.25, 0.3) is 0 Å². The van der Waals surface area contributed by atoms with Crippen molar-refractivity contribution in [2.24, 2.45) is 10.8 Å². The molecule has 0 radical (unpaired) electrons. The summed E-state index contributed by atoms with van der Waals surface area (Å²) in [6, 6.07) is 0. The van der Waals surface area contributed by atoms with Gasteiger partial charge in [0.05, 0.1) is 27.2 Å². The molecule has 0 bridgehead atoms. The maximum atomic E-state index is 2.36. The number of quaternary nitrogens is 1. The highest BCUT2D eigenvalue weighted by Crippen LogP contribution is 2.23. The monoisotopic (exact) mass is 293 g/mol. The van der Waals surface area contributed by atoms with Gasteiger partial charge < -0.3 is 21.5 Å². The average Bonchev–Trinajstić information content (AvgIpc) is 1.96. The van der Waals surface area contributed by atoms with Crippen molar-refractivity contribution in [2.75, 3.05) is 27.2 Å². The zero-order valence-corrected chi connectivity index (χ0v) is 14.2. The number of rotatable bonds is 4. The molecule has 2 heteroatoms. The van der Waals surface area contributed by atoms with Gasteiger partial charge in [0.15, 0.2) is 0 Å². The average molecular weight is 294 g/mol. The second-order valence-electron chi connectivity index (χ2n) is 8.00. The SMILES string of the molecule is CC(C)(C)CC[N+](C)(C)CCC(C)(C)C.[Br-]. The second kappa shape index (κ2) is 6.39. The Bertz CT molecular complexity index is 164. The van der Waals surface area contributed by atoms with Gasteiger partial charge in [-0.3, -0.25) is 0 Å². The molecule has 0 saturated heterocycles. The van der Waals surface area contributed by atoms with Crippen LogP contribution in [0, 0.1) is 10.8 Å². The van der Waals surface area contributed by atoms with Crippen LogP contribution in [-0.4, -0.2) is 31.7 Å². The number of hydrogen-bond donors (Lipinski definition) is 0. The Kier molecular flexibility index (Phi) is 7.51. The normalized spacial score (nSPS) is 13.5. The summed E-state index contributed by atoms with van der Waals surface area (Å²) in [5.41, 5.74) is 0.939. The smallest absolute Gasteiger partial charge is 0.0787 e. The highest BCUT2D eigenvalue weighted by molar-refractivity contribution is 4.62. The largest absolute Gasteiger partial charge is 1.00 e. The lowest BCUT2D eigenvalue weighted by atomic mass is 9.90. The molecule has 0 aromatic carbocycles. The van der Waals surface area contributed by atoms with Crippen LogP contribution in [0.3, 0.4) is 0 Å². The van der Waals surface area contributed by atoms with Gasteiger partial charge >= 0.3 is 0 Å². The van der Waals surface area contributed by atoms with Crippen LogP contribution in [0.1, 0.15) is 54.4 Å². The van der Waals surface area contributed by atoms with Crippen LogP contribution in [0.2, 0.25) is 0 Å². The Morgan fingerprint density at radius 2 is 0.938 bits per heavy atom. The minimum Gasteiger partial charge on any atom is -1.00 e. The molecule has 1 nitrogen and oxygen atoms in total. The molecule has 100 valence electrons. The van der Waals surface area contributed by atoms with Crippen molar-refractivity contribution in [3.8, 4) is 0 Å². The van der Waals surface area contributed by atoms with E-state index in [1.54, 1.807) is 0 Å². The summed E-state index contributed by atoms with van der Waals surface area (Å²) in [5.74, 6) is 0. The topological polar surface area (TPSA) is 0 Å². The first-order valence-electron chi connectivity index (χ1n) is 6.23. The van der Waals surface area contributed by atoms with Crippen LogP contribution in [0.4, 0.5) is 0 Å². The van der Waals surface area contributed by atoms with Crippen LogP contribution in [0.25, 0.3) is 0 Å². The van der Waals surface area contributed by atoms with Crippen molar-refractivity contribution in [1.82, 2.24) is 0 Å². The molecule has 0 aromatic rings. The van der Waals surface area contributed by atoms with E-state index in [2.05, 4.69) is 55.6 Å². The maximum Gasteiger partial charge on any atom is 0.0787 e. The van der Waals surface area contributed by atoms with Gasteiger partial charge in [-0.15, -0.1) is 0 Å². The third-order valence-corrected chi connectivity index (χ3v) is 2.93. The van der Waals surface area contributed by atoms with Gasteiger partial charge in [-0.1, -0.05) is 41.5 Å². The summed E-state index contributed by atoms with van der Waals surface area (Å²) in [4.78, 5) is 0. The fourth-order valence-corrected chi connectivity index (χ4v) is 1.39. The molecule has 0 heterocycles. The zero-order chi connectivity index (χ0) is 12.3. The molecule has 0 saturated carbocycles. The molecule has 0 aliphatic heterocycles. The van der Waals surface area contributed by atoms with E-state index in [0.29, 0.717) is 10.8 Å². The van der Waals surface area contributed by atoms with Gasteiger partial charge in [0.2, 0.25) is 0 Å². The highest BCUT2D eigenvalue weighted by atomic mass is 79.9. The first-order valence-corrected chi connectivity index (χ1v) is 6.23. The molecule has 0 aliphatic rings. The van der Waals surface area contributed by atoms with E-state index in [9.17, 15) is 0 Å². The Morgan fingerprint density at radius 3 is 1.12 bits per heavy atom. The molecule has 0 spiro atoms. The molecule has 0 amide bonds. The number of hydrogen-bond acceptors (Lipinski definition) is 0. The summed E-state index contributed by atoms with van der Waals surface area (Å²) in [6.45, 7) is 16.6. The molecule has 0 fully saturated rings. The molecule has 0 unspecified atom stereocenters. The third-order valence-electron chi connectivity index (χ3n) is 2.93. The Hall–Kier alpha value is 0.440. The van der Waals surface area contributed by atoms with Crippen molar-refractivity contribution >= 4 is 0 Å². The van der Waals surface area contributed by atoms with Crippen molar-refractivity contribution in [3.63, 3.8) is 0 Å². The van der Waals surface area contributed by atoms with E-state index in [1.807, 2.05) is 0 Å². The van der Waals surface area contributed by atoms with E-state index in [0.717, 1.165) is 4.48 Å². The number of halogens is 1. The highest BCUT2D eigenvalue weighted by Gasteiger charge is 2.22. The van der Waals surface area contributed by atoms with Crippen LogP contribution < -0.4 is 17.0 Å². The molecular weight excluding hydrogens is 262 g/mol. The van der Waals surface area contributed by atoms with Crippen LogP contribution >= 0.6 is 0 Å². The minimum absolute atomic E-state index is 0. The summed E-state index contributed by atoms with van der Waals surface area (Å²) < 4.78 is 1.16. The van der Waals surface area contributed by atoms with Crippen molar-refractivity contribution in [3.05, 3.63) is 0 Å². The summed E-state index contributed by atoms with van der Waals surface area (Å²) in [6.07, 6.45) is 2.62. The van der Waals surface area contributed by atoms with Gasteiger partial charge in [-0.25, -0.2) is 0 Å². The molecule has 0 rings (SSSR count). The summed E-state index contributed by atoms with van der Waals surface area (Å²) in [5, 5.41) is 0. The van der Waals surface area contributed by atoms with Gasteiger partial charge in [-0.2, -0.15) is 0 Å². The first kappa shape index (κ1) is 18.8. The number of nitrogens with zero attached hydrogens (tertiary/aromatic N) is 1. The Labute approximate surface area is 114 Å². The van der Waals surface area contributed by atoms with E-state index >= 15 is 0 Å². The van der Waals surface area contributed by atoms with Crippen molar-refractivity contribution in [1.29, 1.82) is 0 Å². The molecule has 0 aromatic heterocycles. The van der Waals surface area contributed by atoms with Gasteiger partial charge in [-0.05, 0) is 10.8 Å². The summed E-state index contributed by atoms with van der Waals surface area (Å²) in [7, 11) is 4.72. The standard InChI is InChI=1S/C14H32N.BrH/c1-13(2,3)9-11-15(7,8)12-10-14(4,5)6;/h9-12H2,1-8H3;1H/q+1;/p-1. The lowest BCUT2D eigenvalue weighted by Gasteiger charge is -2.34. The van der Waals surface area contributed by atoms with E-state index in [-0.39, 0.29) is 17.0 Å². The summed E-state index contributed by atoms with van der Waals surface area (Å²) >= 11 is 0. The quantitative estimate of drug-likeness (QED) is 0.677.